The number of carbonyl (C=O) groups is 2. The van der Waals surface area contributed by atoms with Gasteiger partial charge in [0.15, 0.2) is 11.5 Å². The van der Waals surface area contributed by atoms with Crippen molar-refractivity contribution in [2.75, 3.05) is 32.8 Å². The Morgan fingerprint density at radius 2 is 1.75 bits per heavy atom. The fraction of sp³-hybridized carbons (Fsp3) is 0.412. The Morgan fingerprint density at radius 1 is 1.12 bits per heavy atom. The molecule has 0 N–H and O–H groups in total. The Hall–Kier alpha value is -2.70. The summed E-state index contributed by atoms with van der Waals surface area (Å²) in [6, 6.07) is 2.91. The summed E-state index contributed by atoms with van der Waals surface area (Å²) >= 11 is 0. The summed E-state index contributed by atoms with van der Waals surface area (Å²) in [6.07, 6.45) is 1.16. The minimum Gasteiger partial charge on any atom is -0.493 e. The molecular weight excluding hydrogens is 314 g/mol. The third-order valence-electron chi connectivity index (χ3n) is 3.74. The van der Waals surface area contributed by atoms with Gasteiger partial charge in [0, 0.05) is 11.6 Å². The van der Waals surface area contributed by atoms with Crippen LogP contribution in [0.5, 0.6) is 11.5 Å². The Kier molecular flexibility index (Phi) is 5.33. The molecule has 24 heavy (non-hydrogen) atoms. The van der Waals surface area contributed by atoms with Crippen LogP contribution in [0, 0.1) is 0 Å². The summed E-state index contributed by atoms with van der Waals surface area (Å²) in [5.41, 5.74) is 1.38. The van der Waals surface area contributed by atoms with Crippen molar-refractivity contribution in [2.45, 2.75) is 19.9 Å². The number of rotatable bonds is 4. The van der Waals surface area contributed by atoms with Gasteiger partial charge in [0.2, 0.25) is 0 Å². The van der Waals surface area contributed by atoms with Crippen molar-refractivity contribution in [1.29, 1.82) is 0 Å². The molecule has 1 amide bonds. The van der Waals surface area contributed by atoms with Crippen molar-refractivity contribution in [3.05, 3.63) is 23.8 Å². The Morgan fingerprint density at radius 3 is 2.29 bits per heavy atom. The summed E-state index contributed by atoms with van der Waals surface area (Å²) in [5.74, 6) is 0.409. The number of hydrogen-bond donors (Lipinski definition) is 0. The highest BCUT2D eigenvalue weighted by Crippen LogP contribution is 2.42. The van der Waals surface area contributed by atoms with E-state index in [0.29, 0.717) is 28.3 Å². The van der Waals surface area contributed by atoms with Gasteiger partial charge in [0.05, 0.1) is 45.2 Å². The van der Waals surface area contributed by atoms with Gasteiger partial charge in [-0.2, -0.15) is 0 Å². The molecule has 0 radical (unpaired) electrons. The lowest BCUT2D eigenvalue weighted by atomic mass is 9.95. The number of benzene rings is 1. The van der Waals surface area contributed by atoms with Gasteiger partial charge in [-0.3, -0.25) is 4.90 Å². The molecule has 0 bridgehead atoms. The van der Waals surface area contributed by atoms with Gasteiger partial charge in [0.25, 0.3) is 0 Å². The fourth-order valence-electron chi connectivity index (χ4n) is 2.65. The Labute approximate surface area is 140 Å². The van der Waals surface area contributed by atoms with E-state index in [-0.39, 0.29) is 12.6 Å². The third-order valence-corrected chi connectivity index (χ3v) is 3.74. The number of ether oxygens (including phenoxy) is 4. The highest BCUT2D eigenvalue weighted by molar-refractivity contribution is 6.20. The zero-order valence-electron chi connectivity index (χ0n) is 14.4. The van der Waals surface area contributed by atoms with Gasteiger partial charge in [0.1, 0.15) is 0 Å². The predicted octanol–water partition coefficient (Wildman–Crippen LogP) is 2.63. The molecule has 7 nitrogen and oxygen atoms in total. The highest BCUT2D eigenvalue weighted by Gasteiger charge is 2.33. The molecule has 7 heteroatoms. The van der Waals surface area contributed by atoms with Crippen LogP contribution in [0.2, 0.25) is 0 Å². The molecule has 1 aliphatic heterocycles. The maximum Gasteiger partial charge on any atom is 0.414 e. The molecular formula is C17H21NO6. The minimum absolute atomic E-state index is 0.248. The van der Waals surface area contributed by atoms with E-state index in [2.05, 4.69) is 0 Å². The maximum atomic E-state index is 12.4. The quantitative estimate of drug-likeness (QED) is 0.788. The van der Waals surface area contributed by atoms with E-state index < -0.39 is 12.1 Å². The number of methoxy groups -OCH3 is 3. The summed E-state index contributed by atoms with van der Waals surface area (Å²) in [7, 11) is 4.31. The molecule has 0 saturated carbocycles. The van der Waals surface area contributed by atoms with Gasteiger partial charge >= 0.3 is 12.1 Å². The molecule has 130 valence electrons. The van der Waals surface area contributed by atoms with Crippen molar-refractivity contribution in [1.82, 2.24) is 0 Å². The van der Waals surface area contributed by atoms with Crippen LogP contribution >= 0.6 is 0 Å². The number of fused-ring (bicyclic) bond motifs is 1. The van der Waals surface area contributed by atoms with E-state index in [1.165, 1.54) is 26.2 Å². The summed E-state index contributed by atoms with van der Waals surface area (Å²) < 4.78 is 20.6. The molecule has 1 unspecified atom stereocenters. The first-order valence-corrected chi connectivity index (χ1v) is 7.50. The van der Waals surface area contributed by atoms with E-state index in [9.17, 15) is 9.59 Å². The molecule has 1 aromatic rings. The number of hydrogen-bond acceptors (Lipinski definition) is 6. The van der Waals surface area contributed by atoms with Crippen LogP contribution in [-0.2, 0) is 14.3 Å². The predicted molar refractivity (Wildman–Crippen MR) is 88.5 cm³/mol. The molecule has 1 heterocycles. The molecule has 0 fully saturated rings. The summed E-state index contributed by atoms with van der Waals surface area (Å²) in [4.78, 5) is 26.0. The first kappa shape index (κ1) is 17.7. The summed E-state index contributed by atoms with van der Waals surface area (Å²) in [6.45, 7) is 3.77. The lowest BCUT2D eigenvalue weighted by molar-refractivity contribution is -0.133. The van der Waals surface area contributed by atoms with Gasteiger partial charge in [-0.15, -0.1) is 0 Å². The van der Waals surface area contributed by atoms with Crippen LogP contribution < -0.4 is 14.4 Å². The second kappa shape index (κ2) is 7.25. The van der Waals surface area contributed by atoms with E-state index in [4.69, 9.17) is 18.9 Å². The molecule has 1 atom stereocenters. The van der Waals surface area contributed by atoms with Gasteiger partial charge in [-0.1, -0.05) is 0 Å². The van der Waals surface area contributed by atoms with Crippen LogP contribution in [0.3, 0.4) is 0 Å². The third kappa shape index (κ3) is 3.02. The van der Waals surface area contributed by atoms with E-state index in [1.54, 1.807) is 32.1 Å². The number of amides is 1. The lowest BCUT2D eigenvalue weighted by Gasteiger charge is -2.33. The SMILES string of the molecule is CCOC(=O)N1c2cc(OC)c(OC)cc2C(C(=O)OC)=CC1C. The Bertz CT molecular complexity index is 682. The standard InChI is InChI=1S/C17H21NO6/c1-6-24-17(20)18-10(2)7-12(16(19)23-5)11-8-14(21-3)15(22-4)9-13(11)18/h7-10H,6H2,1-5H3. The van der Waals surface area contributed by atoms with Gasteiger partial charge in [-0.25, -0.2) is 9.59 Å². The average Bonchev–Trinajstić information content (AvgIpc) is 2.59. The van der Waals surface area contributed by atoms with Crippen molar-refractivity contribution in [3.63, 3.8) is 0 Å². The van der Waals surface area contributed by atoms with Crippen molar-refractivity contribution < 1.29 is 28.5 Å². The van der Waals surface area contributed by atoms with Crippen LogP contribution in [0.25, 0.3) is 5.57 Å². The smallest absolute Gasteiger partial charge is 0.414 e. The van der Waals surface area contributed by atoms with Crippen molar-refractivity contribution in [3.8, 4) is 11.5 Å². The van der Waals surface area contributed by atoms with Crippen molar-refractivity contribution >= 4 is 23.3 Å². The van der Waals surface area contributed by atoms with Crippen LogP contribution in [0.4, 0.5) is 10.5 Å². The molecule has 0 saturated heterocycles. The van der Waals surface area contributed by atoms with E-state index in [1.807, 2.05) is 0 Å². The number of anilines is 1. The largest absolute Gasteiger partial charge is 0.493 e. The minimum atomic E-state index is -0.501. The van der Waals surface area contributed by atoms with Gasteiger partial charge in [-0.05, 0) is 26.0 Å². The maximum absolute atomic E-state index is 12.4. The topological polar surface area (TPSA) is 74.3 Å². The van der Waals surface area contributed by atoms with Crippen LogP contribution in [0.1, 0.15) is 19.4 Å². The first-order chi connectivity index (χ1) is 11.5. The number of nitrogens with zero attached hydrogens (tertiary/aromatic N) is 1. The molecule has 1 aliphatic rings. The van der Waals surface area contributed by atoms with Crippen LogP contribution in [0.15, 0.2) is 18.2 Å². The number of carbonyl (C=O) groups excluding carboxylic acids is 2. The number of esters is 1. The summed E-state index contributed by atoms with van der Waals surface area (Å²) in [5, 5.41) is 0. The monoisotopic (exact) mass is 335 g/mol. The molecule has 0 aliphatic carbocycles. The molecule has 0 spiro atoms. The van der Waals surface area contributed by atoms with Crippen LogP contribution in [-0.4, -0.2) is 46.0 Å². The zero-order chi connectivity index (χ0) is 17.9. The Balaban J connectivity index is 2.67. The molecule has 2 rings (SSSR count). The van der Waals surface area contributed by atoms with Crippen molar-refractivity contribution in [2.24, 2.45) is 0 Å². The first-order valence-electron chi connectivity index (χ1n) is 7.50. The zero-order valence-corrected chi connectivity index (χ0v) is 14.4. The average molecular weight is 335 g/mol. The molecule has 1 aromatic carbocycles. The fourth-order valence-corrected chi connectivity index (χ4v) is 2.65. The van der Waals surface area contributed by atoms with Gasteiger partial charge < -0.3 is 18.9 Å². The van der Waals surface area contributed by atoms with E-state index >= 15 is 0 Å². The highest BCUT2D eigenvalue weighted by atomic mass is 16.6. The van der Waals surface area contributed by atoms with E-state index in [0.717, 1.165) is 0 Å². The lowest BCUT2D eigenvalue weighted by Crippen LogP contribution is -2.41. The second-order valence-electron chi connectivity index (χ2n) is 5.11. The second-order valence-corrected chi connectivity index (χ2v) is 5.11. The molecule has 0 aromatic heterocycles. The normalized spacial score (nSPS) is 16.0.